The number of carboxylic acids is 1. The molecule has 4 heteroatoms. The highest BCUT2D eigenvalue weighted by Gasteiger charge is 2.38. The minimum Gasteiger partial charge on any atom is -0.481 e. The van der Waals surface area contributed by atoms with Gasteiger partial charge in [0.05, 0.1) is 5.92 Å². The number of hydrogen-bond acceptors (Lipinski definition) is 3. The summed E-state index contributed by atoms with van der Waals surface area (Å²) in [6, 6.07) is 0.667. The van der Waals surface area contributed by atoms with Crippen LogP contribution in [0.1, 0.15) is 27.2 Å². The SMILES string of the molecule is CCN(CC)C1CC(C)N(C)CC1C(=O)O. The minimum atomic E-state index is -0.657. The van der Waals surface area contributed by atoms with E-state index in [1.165, 1.54) is 0 Å². The highest BCUT2D eigenvalue weighted by molar-refractivity contribution is 5.71. The van der Waals surface area contributed by atoms with E-state index in [-0.39, 0.29) is 12.0 Å². The maximum Gasteiger partial charge on any atom is 0.309 e. The lowest BCUT2D eigenvalue weighted by Gasteiger charge is -2.43. The zero-order chi connectivity index (χ0) is 12.3. The van der Waals surface area contributed by atoms with Crippen LogP contribution in [0.25, 0.3) is 0 Å². The van der Waals surface area contributed by atoms with Crippen LogP contribution in [0.2, 0.25) is 0 Å². The van der Waals surface area contributed by atoms with Gasteiger partial charge in [-0.15, -0.1) is 0 Å². The van der Waals surface area contributed by atoms with Crippen molar-refractivity contribution < 1.29 is 9.90 Å². The van der Waals surface area contributed by atoms with Crippen molar-refractivity contribution in [2.24, 2.45) is 5.92 Å². The van der Waals surface area contributed by atoms with Gasteiger partial charge in [0, 0.05) is 18.6 Å². The summed E-state index contributed by atoms with van der Waals surface area (Å²) in [4.78, 5) is 15.7. The minimum absolute atomic E-state index is 0.193. The second-order valence-corrected chi connectivity index (χ2v) is 4.76. The Hall–Kier alpha value is -0.610. The van der Waals surface area contributed by atoms with Gasteiger partial charge in [-0.1, -0.05) is 13.8 Å². The largest absolute Gasteiger partial charge is 0.481 e. The van der Waals surface area contributed by atoms with E-state index in [1.807, 2.05) is 7.05 Å². The van der Waals surface area contributed by atoms with Gasteiger partial charge >= 0.3 is 5.97 Å². The zero-order valence-corrected chi connectivity index (χ0v) is 10.8. The molecule has 0 saturated carbocycles. The van der Waals surface area contributed by atoms with Crippen LogP contribution in [0, 0.1) is 5.92 Å². The zero-order valence-electron chi connectivity index (χ0n) is 10.8. The monoisotopic (exact) mass is 228 g/mol. The Morgan fingerprint density at radius 3 is 2.44 bits per heavy atom. The Morgan fingerprint density at radius 2 is 2.00 bits per heavy atom. The molecule has 1 aliphatic heterocycles. The fraction of sp³-hybridized carbons (Fsp3) is 0.917. The summed E-state index contributed by atoms with van der Waals surface area (Å²) in [6.07, 6.45) is 0.954. The molecular formula is C12H24N2O2. The second-order valence-electron chi connectivity index (χ2n) is 4.76. The fourth-order valence-electron chi connectivity index (χ4n) is 2.64. The predicted molar refractivity (Wildman–Crippen MR) is 64.5 cm³/mol. The molecule has 1 saturated heterocycles. The molecule has 0 aromatic heterocycles. The number of carboxylic acid groups (broad SMARTS) is 1. The molecule has 94 valence electrons. The summed E-state index contributed by atoms with van der Waals surface area (Å²) in [5.41, 5.74) is 0. The summed E-state index contributed by atoms with van der Waals surface area (Å²) >= 11 is 0. The molecule has 1 fully saturated rings. The van der Waals surface area contributed by atoms with Crippen LogP contribution in [0.15, 0.2) is 0 Å². The van der Waals surface area contributed by atoms with Gasteiger partial charge in [0.15, 0.2) is 0 Å². The fourth-order valence-corrected chi connectivity index (χ4v) is 2.64. The Balaban J connectivity index is 2.80. The van der Waals surface area contributed by atoms with Gasteiger partial charge < -0.3 is 10.0 Å². The molecule has 1 N–H and O–H groups in total. The van der Waals surface area contributed by atoms with E-state index >= 15 is 0 Å². The summed E-state index contributed by atoms with van der Waals surface area (Å²) in [7, 11) is 2.01. The van der Waals surface area contributed by atoms with E-state index < -0.39 is 5.97 Å². The van der Waals surface area contributed by atoms with E-state index in [1.54, 1.807) is 0 Å². The molecule has 0 aromatic rings. The van der Waals surface area contributed by atoms with Crippen LogP contribution in [0.5, 0.6) is 0 Å². The van der Waals surface area contributed by atoms with Gasteiger partial charge in [0.1, 0.15) is 0 Å². The molecule has 1 heterocycles. The first-order valence-electron chi connectivity index (χ1n) is 6.18. The summed E-state index contributed by atoms with van der Waals surface area (Å²) in [5, 5.41) is 9.30. The first-order valence-corrected chi connectivity index (χ1v) is 6.18. The van der Waals surface area contributed by atoms with Gasteiger partial charge in [-0.2, -0.15) is 0 Å². The lowest BCUT2D eigenvalue weighted by Crippen LogP contribution is -2.55. The number of aliphatic carboxylic acids is 1. The maximum absolute atomic E-state index is 11.3. The quantitative estimate of drug-likeness (QED) is 0.783. The summed E-state index contributed by atoms with van der Waals surface area (Å²) in [6.45, 7) is 8.91. The molecule has 4 nitrogen and oxygen atoms in total. The van der Waals surface area contributed by atoms with Crippen molar-refractivity contribution in [1.29, 1.82) is 0 Å². The summed E-state index contributed by atoms with van der Waals surface area (Å²) in [5.74, 6) is -0.906. The predicted octanol–water partition coefficient (Wildman–Crippen LogP) is 1.12. The first-order chi connectivity index (χ1) is 7.51. The van der Waals surface area contributed by atoms with E-state index in [4.69, 9.17) is 0 Å². The highest BCUT2D eigenvalue weighted by atomic mass is 16.4. The molecule has 0 spiro atoms. The normalized spacial score (nSPS) is 31.9. The van der Waals surface area contributed by atoms with Crippen LogP contribution in [-0.2, 0) is 4.79 Å². The van der Waals surface area contributed by atoms with E-state index in [0.717, 1.165) is 19.5 Å². The smallest absolute Gasteiger partial charge is 0.309 e. The molecule has 3 unspecified atom stereocenters. The summed E-state index contributed by atoms with van der Waals surface area (Å²) < 4.78 is 0. The number of carbonyl (C=O) groups is 1. The maximum atomic E-state index is 11.3. The Morgan fingerprint density at radius 1 is 1.44 bits per heavy atom. The van der Waals surface area contributed by atoms with Crippen LogP contribution in [0.3, 0.4) is 0 Å². The van der Waals surface area contributed by atoms with Crippen molar-refractivity contribution in [2.75, 3.05) is 26.7 Å². The number of likely N-dealkylation sites (tertiary alicyclic amines) is 1. The standard InChI is InChI=1S/C12H24N2O2/c1-5-14(6-2)11-7-9(3)13(4)8-10(11)12(15)16/h9-11H,5-8H2,1-4H3,(H,15,16). The Kier molecular flexibility index (Phi) is 4.74. The highest BCUT2D eigenvalue weighted by Crippen LogP contribution is 2.25. The molecule has 1 aliphatic rings. The molecule has 0 aromatic carbocycles. The topological polar surface area (TPSA) is 43.8 Å². The number of nitrogens with zero attached hydrogens (tertiary/aromatic N) is 2. The van der Waals surface area contributed by atoms with Crippen LogP contribution in [0.4, 0.5) is 0 Å². The van der Waals surface area contributed by atoms with Crippen molar-refractivity contribution in [3.05, 3.63) is 0 Å². The molecule has 3 atom stereocenters. The number of rotatable bonds is 4. The van der Waals surface area contributed by atoms with Crippen LogP contribution >= 0.6 is 0 Å². The first kappa shape index (κ1) is 13.5. The third-order valence-corrected chi connectivity index (χ3v) is 3.88. The average Bonchev–Trinajstić information content (AvgIpc) is 2.24. The average molecular weight is 228 g/mol. The van der Waals surface area contributed by atoms with E-state index in [0.29, 0.717) is 12.6 Å². The van der Waals surface area contributed by atoms with Gasteiger partial charge in [-0.3, -0.25) is 9.69 Å². The molecule has 0 aliphatic carbocycles. The molecule has 0 bridgehead atoms. The molecule has 0 amide bonds. The van der Waals surface area contributed by atoms with Crippen molar-refractivity contribution in [1.82, 2.24) is 9.80 Å². The molecule has 0 radical (unpaired) electrons. The van der Waals surface area contributed by atoms with Crippen molar-refractivity contribution >= 4 is 5.97 Å². The number of hydrogen-bond donors (Lipinski definition) is 1. The van der Waals surface area contributed by atoms with Crippen LogP contribution in [-0.4, -0.2) is 59.6 Å². The third kappa shape index (κ3) is 2.74. The third-order valence-electron chi connectivity index (χ3n) is 3.88. The van der Waals surface area contributed by atoms with Gasteiger partial charge in [-0.05, 0) is 33.5 Å². The van der Waals surface area contributed by atoms with Gasteiger partial charge in [0.25, 0.3) is 0 Å². The second kappa shape index (κ2) is 5.64. The Labute approximate surface area is 98.2 Å². The molecule has 1 rings (SSSR count). The van der Waals surface area contributed by atoms with Gasteiger partial charge in [0.2, 0.25) is 0 Å². The van der Waals surface area contributed by atoms with E-state index in [9.17, 15) is 9.90 Å². The van der Waals surface area contributed by atoms with Crippen molar-refractivity contribution in [3.63, 3.8) is 0 Å². The molecular weight excluding hydrogens is 204 g/mol. The number of piperidine rings is 1. The van der Waals surface area contributed by atoms with E-state index in [2.05, 4.69) is 30.6 Å². The van der Waals surface area contributed by atoms with Crippen molar-refractivity contribution in [3.8, 4) is 0 Å². The Bertz CT molecular complexity index is 241. The van der Waals surface area contributed by atoms with Crippen molar-refractivity contribution in [2.45, 2.75) is 39.3 Å². The lowest BCUT2D eigenvalue weighted by atomic mass is 9.87. The lowest BCUT2D eigenvalue weighted by molar-refractivity contribution is -0.147. The molecule has 16 heavy (non-hydrogen) atoms. The van der Waals surface area contributed by atoms with Crippen LogP contribution < -0.4 is 0 Å². The van der Waals surface area contributed by atoms with Gasteiger partial charge in [-0.25, -0.2) is 0 Å².